The molecule has 15 heavy (non-hydrogen) atoms. The van der Waals surface area contributed by atoms with Crippen molar-refractivity contribution in [2.75, 3.05) is 32.1 Å². The van der Waals surface area contributed by atoms with Crippen molar-refractivity contribution in [3.63, 3.8) is 0 Å². The Balaban J connectivity index is 2.70. The van der Waals surface area contributed by atoms with Gasteiger partial charge in [0.25, 0.3) is 0 Å². The Bertz CT molecular complexity index is 364. The van der Waals surface area contributed by atoms with Gasteiger partial charge in [-0.15, -0.1) is 0 Å². The van der Waals surface area contributed by atoms with Crippen molar-refractivity contribution >= 4 is 16.5 Å². The van der Waals surface area contributed by atoms with Crippen LogP contribution in [0.3, 0.4) is 0 Å². The molecule has 1 atom stereocenters. The molecule has 0 aromatic heterocycles. The highest BCUT2D eigenvalue weighted by Gasteiger charge is 2.05. The number of hydrogen-bond acceptors (Lipinski definition) is 3. The minimum absolute atomic E-state index is 0.663. The number of hydrogen-bond donors (Lipinski definition) is 1. The highest BCUT2D eigenvalue weighted by Crippen LogP contribution is 2.15. The Morgan fingerprint density at radius 1 is 1.40 bits per heavy atom. The van der Waals surface area contributed by atoms with Crippen molar-refractivity contribution in [2.45, 2.75) is 11.8 Å². The quantitative estimate of drug-likeness (QED) is 0.786. The summed E-state index contributed by atoms with van der Waals surface area (Å²) in [6, 6.07) is 5.56. The molecule has 0 fully saturated rings. The number of nitrogens with zero attached hydrogens (tertiary/aromatic N) is 1. The number of nitrogen functional groups attached to an aromatic ring is 1. The van der Waals surface area contributed by atoms with Crippen LogP contribution in [0.25, 0.3) is 0 Å². The molecule has 1 aromatic rings. The lowest BCUT2D eigenvalue weighted by atomic mass is 10.2. The number of anilines is 1. The minimum Gasteiger partial charge on any atom is -0.399 e. The summed E-state index contributed by atoms with van der Waals surface area (Å²) in [6.45, 7) is 2.76. The van der Waals surface area contributed by atoms with Crippen LogP contribution in [0.1, 0.15) is 5.56 Å². The maximum absolute atomic E-state index is 11.9. The first-order valence-electron chi connectivity index (χ1n) is 4.90. The second kappa shape index (κ2) is 5.28. The maximum atomic E-state index is 11.9. The second-order valence-electron chi connectivity index (χ2n) is 3.87. The molecule has 0 aliphatic rings. The molecule has 0 saturated heterocycles. The molecule has 0 bridgehead atoms. The van der Waals surface area contributed by atoms with E-state index >= 15 is 0 Å². The van der Waals surface area contributed by atoms with Gasteiger partial charge in [-0.05, 0) is 44.8 Å². The molecule has 1 aromatic carbocycles. The van der Waals surface area contributed by atoms with Gasteiger partial charge in [-0.2, -0.15) is 0 Å². The molecule has 1 rings (SSSR count). The number of aryl methyl sites for hydroxylation is 1. The summed E-state index contributed by atoms with van der Waals surface area (Å²) in [4.78, 5) is 2.89. The smallest absolute Gasteiger partial charge is 0.0542 e. The van der Waals surface area contributed by atoms with E-state index in [1.807, 2.05) is 44.1 Å². The van der Waals surface area contributed by atoms with Gasteiger partial charge in [0.2, 0.25) is 0 Å². The van der Waals surface area contributed by atoms with Crippen molar-refractivity contribution in [1.29, 1.82) is 0 Å². The number of nitrogens with two attached hydrogens (primary N) is 1. The first-order chi connectivity index (χ1) is 7.00. The fourth-order valence-electron chi connectivity index (χ4n) is 1.17. The van der Waals surface area contributed by atoms with Crippen LogP contribution >= 0.6 is 0 Å². The molecule has 1 unspecified atom stereocenters. The van der Waals surface area contributed by atoms with Gasteiger partial charge in [-0.3, -0.25) is 4.21 Å². The predicted octanol–water partition coefficient (Wildman–Crippen LogP) is 1.25. The fraction of sp³-hybridized carbons (Fsp3) is 0.455. The highest BCUT2D eigenvalue weighted by atomic mass is 32.2. The molecule has 0 spiro atoms. The Morgan fingerprint density at radius 3 is 2.60 bits per heavy atom. The summed E-state index contributed by atoms with van der Waals surface area (Å²) in [6.07, 6.45) is 0. The largest absolute Gasteiger partial charge is 0.399 e. The first kappa shape index (κ1) is 12.2. The first-order valence-corrected chi connectivity index (χ1v) is 6.22. The lowest BCUT2D eigenvalue weighted by Crippen LogP contribution is -2.19. The van der Waals surface area contributed by atoms with Crippen LogP contribution in [0.5, 0.6) is 0 Å². The summed E-state index contributed by atoms with van der Waals surface area (Å²) in [5.74, 6) is 0.663. The van der Waals surface area contributed by atoms with Gasteiger partial charge in [-0.1, -0.05) is 0 Å². The Hall–Kier alpha value is -0.870. The molecule has 84 valence electrons. The zero-order valence-electron chi connectivity index (χ0n) is 9.49. The van der Waals surface area contributed by atoms with Gasteiger partial charge in [0.15, 0.2) is 0 Å². The fourth-order valence-corrected chi connectivity index (χ4v) is 2.47. The van der Waals surface area contributed by atoms with E-state index in [4.69, 9.17) is 5.73 Å². The van der Waals surface area contributed by atoms with Crippen LogP contribution in [0.2, 0.25) is 0 Å². The Kier molecular flexibility index (Phi) is 4.29. The van der Waals surface area contributed by atoms with Gasteiger partial charge in [-0.25, -0.2) is 0 Å². The van der Waals surface area contributed by atoms with E-state index < -0.39 is 10.8 Å². The number of benzene rings is 1. The van der Waals surface area contributed by atoms with Crippen LogP contribution in [-0.4, -0.2) is 35.5 Å². The van der Waals surface area contributed by atoms with Crippen LogP contribution in [0.15, 0.2) is 23.1 Å². The standard InChI is InChI=1S/C11H18N2OS/c1-9-8-10(4-5-11(9)12)15(14)7-6-13(2)3/h4-5,8H,6-7,12H2,1-3H3. The van der Waals surface area contributed by atoms with E-state index in [0.717, 1.165) is 22.7 Å². The van der Waals surface area contributed by atoms with Crippen molar-refractivity contribution < 1.29 is 4.21 Å². The summed E-state index contributed by atoms with van der Waals surface area (Å²) < 4.78 is 11.9. The highest BCUT2D eigenvalue weighted by molar-refractivity contribution is 7.85. The topological polar surface area (TPSA) is 46.3 Å². The van der Waals surface area contributed by atoms with Crippen molar-refractivity contribution in [2.24, 2.45) is 0 Å². The summed E-state index contributed by atoms with van der Waals surface area (Å²) in [7, 11) is 3.04. The zero-order chi connectivity index (χ0) is 11.4. The maximum Gasteiger partial charge on any atom is 0.0542 e. The molecule has 2 N–H and O–H groups in total. The minimum atomic E-state index is -0.920. The van der Waals surface area contributed by atoms with Crippen LogP contribution < -0.4 is 5.73 Å². The molecule has 4 heteroatoms. The molecule has 3 nitrogen and oxygen atoms in total. The average molecular weight is 226 g/mol. The summed E-state index contributed by atoms with van der Waals surface area (Å²) in [5, 5.41) is 0. The van der Waals surface area contributed by atoms with E-state index in [9.17, 15) is 4.21 Å². The van der Waals surface area contributed by atoms with Gasteiger partial charge < -0.3 is 10.6 Å². The van der Waals surface area contributed by atoms with E-state index in [0.29, 0.717) is 5.75 Å². The molecule has 0 aliphatic heterocycles. The van der Waals surface area contributed by atoms with Crippen molar-refractivity contribution in [1.82, 2.24) is 4.90 Å². The third-order valence-corrected chi connectivity index (χ3v) is 3.56. The third kappa shape index (κ3) is 3.64. The monoisotopic (exact) mass is 226 g/mol. The van der Waals surface area contributed by atoms with Gasteiger partial charge in [0.1, 0.15) is 0 Å². The Labute approximate surface area is 93.7 Å². The van der Waals surface area contributed by atoms with E-state index in [1.165, 1.54) is 0 Å². The second-order valence-corrected chi connectivity index (χ2v) is 5.44. The van der Waals surface area contributed by atoms with Crippen LogP contribution in [0.4, 0.5) is 5.69 Å². The van der Waals surface area contributed by atoms with E-state index in [2.05, 4.69) is 0 Å². The molecular weight excluding hydrogens is 208 g/mol. The molecule has 0 aliphatic carbocycles. The van der Waals surface area contributed by atoms with Gasteiger partial charge in [0.05, 0.1) is 10.8 Å². The lowest BCUT2D eigenvalue weighted by Gasteiger charge is -2.09. The summed E-state index contributed by atoms with van der Waals surface area (Å²) >= 11 is 0. The molecular formula is C11H18N2OS. The number of rotatable bonds is 4. The molecule has 0 amide bonds. The molecule has 0 saturated carbocycles. The zero-order valence-corrected chi connectivity index (χ0v) is 10.3. The van der Waals surface area contributed by atoms with Gasteiger partial charge in [0, 0.05) is 22.9 Å². The predicted molar refractivity (Wildman–Crippen MR) is 65.4 cm³/mol. The third-order valence-electron chi connectivity index (χ3n) is 2.23. The van der Waals surface area contributed by atoms with E-state index in [1.54, 1.807) is 0 Å². The average Bonchev–Trinajstić information content (AvgIpc) is 2.18. The normalized spacial score (nSPS) is 13.1. The lowest BCUT2D eigenvalue weighted by molar-refractivity contribution is 0.435. The van der Waals surface area contributed by atoms with Crippen molar-refractivity contribution in [3.05, 3.63) is 23.8 Å². The van der Waals surface area contributed by atoms with E-state index in [-0.39, 0.29) is 0 Å². The SMILES string of the molecule is Cc1cc(S(=O)CCN(C)C)ccc1N. The van der Waals surface area contributed by atoms with Crippen molar-refractivity contribution in [3.8, 4) is 0 Å². The summed E-state index contributed by atoms with van der Waals surface area (Å²) in [5.41, 5.74) is 7.45. The van der Waals surface area contributed by atoms with Crippen LogP contribution in [0, 0.1) is 6.92 Å². The van der Waals surface area contributed by atoms with Gasteiger partial charge >= 0.3 is 0 Å². The van der Waals surface area contributed by atoms with Crippen LogP contribution in [-0.2, 0) is 10.8 Å². The molecule has 0 radical (unpaired) electrons. The Morgan fingerprint density at radius 2 is 2.07 bits per heavy atom. The molecule has 0 heterocycles.